The van der Waals surface area contributed by atoms with E-state index < -0.39 is 0 Å². The van der Waals surface area contributed by atoms with Crippen LogP contribution in [0.3, 0.4) is 0 Å². The smallest absolute Gasteiger partial charge is 0.239 e. The maximum absolute atomic E-state index is 14.4. The minimum Gasteiger partial charge on any atom is -0.457 e. The molecular weight excluding hydrogens is 384 g/mol. The van der Waals surface area contributed by atoms with Gasteiger partial charge in [0.2, 0.25) is 5.91 Å². The van der Waals surface area contributed by atoms with Gasteiger partial charge in [-0.05, 0) is 50.7 Å². The number of amides is 1. The van der Waals surface area contributed by atoms with Crippen molar-refractivity contribution in [3.8, 4) is 11.5 Å². The molecule has 0 radical (unpaired) electrons. The van der Waals surface area contributed by atoms with E-state index in [-0.39, 0.29) is 17.9 Å². The second-order valence-electron chi connectivity index (χ2n) is 9.11. The molecule has 4 nitrogen and oxygen atoms in total. The average molecular weight is 411 g/mol. The predicted octanol–water partition coefficient (Wildman–Crippen LogP) is 5.07. The molecule has 4 heteroatoms. The van der Waals surface area contributed by atoms with Crippen LogP contribution in [0, 0.1) is 6.92 Å². The summed E-state index contributed by atoms with van der Waals surface area (Å²) in [6.45, 7) is 4.14. The summed E-state index contributed by atoms with van der Waals surface area (Å²) in [5.74, 6) is 1.73. The molecule has 3 aromatic rings. The molecule has 1 saturated heterocycles. The lowest BCUT2D eigenvalue weighted by Crippen LogP contribution is -2.48. The monoisotopic (exact) mass is 410 g/mol. The van der Waals surface area contributed by atoms with Gasteiger partial charge in [-0.2, -0.15) is 0 Å². The van der Waals surface area contributed by atoms with Gasteiger partial charge in [-0.3, -0.25) is 4.79 Å². The van der Waals surface area contributed by atoms with Crippen molar-refractivity contribution in [2.45, 2.75) is 31.2 Å². The van der Waals surface area contributed by atoms with Gasteiger partial charge in [0.1, 0.15) is 11.5 Å². The Morgan fingerprint density at radius 2 is 1.61 bits per heavy atom. The van der Waals surface area contributed by atoms with E-state index in [2.05, 4.69) is 42.0 Å². The molecule has 31 heavy (non-hydrogen) atoms. The Balaban J connectivity index is 1.50. The second kappa shape index (κ2) is 6.96. The highest BCUT2D eigenvalue weighted by Gasteiger charge is 2.47. The number of hydrogen-bond donors (Lipinski definition) is 0. The van der Waals surface area contributed by atoms with E-state index in [1.807, 2.05) is 48.5 Å². The van der Waals surface area contributed by atoms with Gasteiger partial charge in [0, 0.05) is 35.3 Å². The third kappa shape index (κ3) is 2.82. The molecule has 0 bridgehead atoms. The normalized spacial score (nSPS) is 22.2. The Morgan fingerprint density at radius 3 is 2.32 bits per heavy atom. The zero-order valence-electron chi connectivity index (χ0n) is 17.9. The molecule has 0 unspecified atom stereocenters. The first-order valence-electron chi connectivity index (χ1n) is 11.1. The first-order valence-corrected chi connectivity index (χ1v) is 11.1. The molecule has 6 rings (SSSR count). The third-order valence-electron chi connectivity index (χ3n) is 7.12. The molecule has 1 amide bonds. The SMILES string of the molecule is Cc1ccc2c(c1)[C@H]1CN(C)CC[C@@H]1N2C(=O)C1c2ccccc2Oc2ccccc21. The molecule has 2 atom stereocenters. The van der Waals surface area contributed by atoms with E-state index in [9.17, 15) is 4.79 Å². The van der Waals surface area contributed by atoms with Gasteiger partial charge in [0.05, 0.1) is 5.92 Å². The van der Waals surface area contributed by atoms with Crippen LogP contribution in [-0.4, -0.2) is 37.0 Å². The van der Waals surface area contributed by atoms with Gasteiger partial charge in [-0.25, -0.2) is 0 Å². The van der Waals surface area contributed by atoms with Gasteiger partial charge >= 0.3 is 0 Å². The summed E-state index contributed by atoms with van der Waals surface area (Å²) in [4.78, 5) is 18.9. The molecular formula is C27H26N2O2. The molecule has 0 aliphatic carbocycles. The van der Waals surface area contributed by atoms with Crippen molar-refractivity contribution in [3.63, 3.8) is 0 Å². The standard InChI is InChI=1S/C27H26N2O2/c1-17-11-12-22-20(15-17)21-16-28(2)14-13-23(21)29(22)27(30)26-18-7-3-5-9-24(18)31-25-10-6-4-8-19(25)26/h3-12,15,21,23,26H,13-14,16H2,1-2H3/t21-,23+/m1/s1. The minimum absolute atomic E-state index is 0.158. The molecule has 0 N–H and O–H groups in total. The summed E-state index contributed by atoms with van der Waals surface area (Å²) < 4.78 is 6.15. The van der Waals surface area contributed by atoms with Crippen LogP contribution in [0.4, 0.5) is 5.69 Å². The number of carbonyl (C=O) groups is 1. The average Bonchev–Trinajstić information content (AvgIpc) is 3.09. The van der Waals surface area contributed by atoms with Crippen molar-refractivity contribution in [1.29, 1.82) is 0 Å². The number of fused-ring (bicyclic) bond motifs is 5. The Bertz CT molecular complexity index is 1140. The van der Waals surface area contributed by atoms with E-state index in [4.69, 9.17) is 4.74 Å². The highest BCUT2D eigenvalue weighted by Crippen LogP contribution is 2.50. The van der Waals surface area contributed by atoms with Crippen molar-refractivity contribution < 1.29 is 9.53 Å². The largest absolute Gasteiger partial charge is 0.457 e. The van der Waals surface area contributed by atoms with Crippen molar-refractivity contribution >= 4 is 11.6 Å². The molecule has 0 aromatic heterocycles. The summed E-state index contributed by atoms with van der Waals surface area (Å²) in [7, 11) is 2.18. The van der Waals surface area contributed by atoms with Gasteiger partial charge in [-0.15, -0.1) is 0 Å². The van der Waals surface area contributed by atoms with Crippen LogP contribution in [0.2, 0.25) is 0 Å². The Labute approximate surface area is 183 Å². The lowest BCUT2D eigenvalue weighted by molar-refractivity contribution is -0.119. The van der Waals surface area contributed by atoms with Gasteiger partial charge in [0.25, 0.3) is 0 Å². The highest BCUT2D eigenvalue weighted by molar-refractivity contribution is 6.04. The number of carbonyl (C=O) groups excluding carboxylic acids is 1. The number of likely N-dealkylation sites (N-methyl/N-ethyl adjacent to an activating group) is 1. The maximum atomic E-state index is 14.4. The number of ether oxygens (including phenoxy) is 1. The lowest BCUT2D eigenvalue weighted by atomic mass is 9.85. The van der Waals surface area contributed by atoms with Crippen LogP contribution < -0.4 is 9.64 Å². The fourth-order valence-corrected chi connectivity index (χ4v) is 5.68. The molecule has 3 aliphatic rings. The number of rotatable bonds is 1. The van der Waals surface area contributed by atoms with E-state index >= 15 is 0 Å². The Kier molecular flexibility index (Phi) is 4.19. The zero-order chi connectivity index (χ0) is 21.1. The van der Waals surface area contributed by atoms with E-state index in [1.54, 1.807) is 0 Å². The van der Waals surface area contributed by atoms with Crippen molar-refractivity contribution in [1.82, 2.24) is 4.90 Å². The number of benzene rings is 3. The first kappa shape index (κ1) is 18.6. The third-order valence-corrected chi connectivity index (χ3v) is 7.12. The van der Waals surface area contributed by atoms with Gasteiger partial charge < -0.3 is 14.5 Å². The molecule has 156 valence electrons. The molecule has 0 spiro atoms. The number of hydrogen-bond acceptors (Lipinski definition) is 3. The molecule has 3 aliphatic heterocycles. The number of para-hydroxylation sites is 2. The van der Waals surface area contributed by atoms with Gasteiger partial charge in [-0.1, -0.05) is 54.1 Å². The fraction of sp³-hybridized carbons (Fsp3) is 0.296. The molecule has 0 saturated carbocycles. The summed E-state index contributed by atoms with van der Waals surface area (Å²) in [5.41, 5.74) is 5.56. The molecule has 3 heterocycles. The number of piperidine rings is 1. The maximum Gasteiger partial charge on any atom is 0.239 e. The number of likely N-dealkylation sites (tertiary alicyclic amines) is 1. The van der Waals surface area contributed by atoms with Crippen LogP contribution in [0.15, 0.2) is 66.7 Å². The van der Waals surface area contributed by atoms with Crippen LogP contribution in [-0.2, 0) is 4.79 Å². The fourth-order valence-electron chi connectivity index (χ4n) is 5.68. The first-order chi connectivity index (χ1) is 15.1. The van der Waals surface area contributed by atoms with Crippen LogP contribution in [0.25, 0.3) is 0 Å². The number of nitrogens with zero attached hydrogens (tertiary/aromatic N) is 2. The summed E-state index contributed by atoms with van der Waals surface area (Å²) in [6, 6.07) is 22.7. The summed E-state index contributed by atoms with van der Waals surface area (Å²) in [5, 5.41) is 0. The van der Waals surface area contributed by atoms with E-state index in [0.717, 1.165) is 47.8 Å². The minimum atomic E-state index is -0.353. The Hall–Kier alpha value is -3.11. The number of aryl methyl sites for hydroxylation is 1. The highest BCUT2D eigenvalue weighted by atomic mass is 16.5. The lowest BCUT2D eigenvalue weighted by Gasteiger charge is -2.38. The number of anilines is 1. The van der Waals surface area contributed by atoms with Crippen LogP contribution in [0.5, 0.6) is 11.5 Å². The second-order valence-corrected chi connectivity index (χ2v) is 9.11. The molecule has 1 fully saturated rings. The zero-order valence-corrected chi connectivity index (χ0v) is 17.9. The van der Waals surface area contributed by atoms with Crippen LogP contribution >= 0.6 is 0 Å². The van der Waals surface area contributed by atoms with Crippen molar-refractivity contribution in [3.05, 3.63) is 89.0 Å². The predicted molar refractivity (Wildman–Crippen MR) is 122 cm³/mol. The van der Waals surface area contributed by atoms with Crippen molar-refractivity contribution in [2.24, 2.45) is 0 Å². The van der Waals surface area contributed by atoms with Gasteiger partial charge in [0.15, 0.2) is 0 Å². The molecule has 3 aromatic carbocycles. The topological polar surface area (TPSA) is 32.8 Å². The van der Waals surface area contributed by atoms with Crippen molar-refractivity contribution in [2.75, 3.05) is 25.0 Å². The van der Waals surface area contributed by atoms with E-state index in [1.165, 1.54) is 11.1 Å². The summed E-state index contributed by atoms with van der Waals surface area (Å²) in [6.07, 6.45) is 0.993. The quantitative estimate of drug-likeness (QED) is 0.562. The summed E-state index contributed by atoms with van der Waals surface area (Å²) >= 11 is 0. The Morgan fingerprint density at radius 1 is 0.935 bits per heavy atom. The van der Waals surface area contributed by atoms with Crippen LogP contribution in [0.1, 0.15) is 40.5 Å². The van der Waals surface area contributed by atoms with E-state index in [0.29, 0.717) is 5.92 Å².